The molecule has 23 heavy (non-hydrogen) atoms. The lowest BCUT2D eigenvalue weighted by Gasteiger charge is -2.04. The fourth-order valence-corrected chi connectivity index (χ4v) is 3.58. The molecule has 1 aromatic carbocycles. The first kappa shape index (κ1) is 15.8. The molecule has 3 aromatic rings. The van der Waals surface area contributed by atoms with Crippen LogP contribution in [0.4, 0.5) is 0 Å². The third-order valence-electron chi connectivity index (χ3n) is 3.88. The highest BCUT2D eigenvalue weighted by Gasteiger charge is 2.13. The summed E-state index contributed by atoms with van der Waals surface area (Å²) in [6, 6.07) is 10.1. The Balaban J connectivity index is 1.68. The van der Waals surface area contributed by atoms with Gasteiger partial charge >= 0.3 is 0 Å². The van der Waals surface area contributed by atoms with Crippen molar-refractivity contribution in [3.05, 3.63) is 53.2 Å². The van der Waals surface area contributed by atoms with E-state index in [0.717, 1.165) is 46.6 Å². The van der Waals surface area contributed by atoms with Crippen LogP contribution in [-0.2, 0) is 25.0 Å². The van der Waals surface area contributed by atoms with Crippen LogP contribution in [0.3, 0.4) is 0 Å². The van der Waals surface area contributed by atoms with E-state index < -0.39 is 0 Å². The van der Waals surface area contributed by atoms with E-state index in [1.165, 1.54) is 5.56 Å². The molecule has 0 spiro atoms. The van der Waals surface area contributed by atoms with E-state index in [9.17, 15) is 0 Å². The van der Waals surface area contributed by atoms with Crippen molar-refractivity contribution in [3.63, 3.8) is 0 Å². The summed E-state index contributed by atoms with van der Waals surface area (Å²) < 4.78 is 7.34. The predicted molar refractivity (Wildman–Crippen MR) is 92.1 cm³/mol. The second-order valence-electron chi connectivity index (χ2n) is 5.38. The Labute approximate surface area is 140 Å². The average molecular weight is 328 g/mol. The minimum Gasteiger partial charge on any atom is -0.361 e. The molecule has 3 rings (SSSR count). The molecule has 0 saturated carbocycles. The fraction of sp³-hybridized carbons (Fsp3) is 0.353. The first-order chi connectivity index (χ1) is 11.2. The van der Waals surface area contributed by atoms with Gasteiger partial charge in [0.1, 0.15) is 11.6 Å². The molecule has 0 aliphatic rings. The highest BCUT2D eigenvalue weighted by atomic mass is 32.2. The molecule has 120 valence electrons. The molecule has 2 aromatic heterocycles. The van der Waals surface area contributed by atoms with Crippen LogP contribution in [-0.4, -0.2) is 19.9 Å². The molecular weight excluding hydrogens is 308 g/mol. The van der Waals surface area contributed by atoms with Gasteiger partial charge in [-0.2, -0.15) is 0 Å². The standard InChI is InChI=1S/C17H20N4OS/c1-4-15-14(12(2)22-20-15)10-23-11-16-18-19-17(21(16)3)13-8-6-5-7-9-13/h5-9H,4,10-11H2,1-3H3. The number of rotatable bonds is 6. The van der Waals surface area contributed by atoms with Gasteiger partial charge in [-0.05, 0) is 13.3 Å². The van der Waals surface area contributed by atoms with Crippen molar-refractivity contribution in [1.82, 2.24) is 19.9 Å². The Morgan fingerprint density at radius 2 is 1.91 bits per heavy atom. The molecule has 2 heterocycles. The van der Waals surface area contributed by atoms with Gasteiger partial charge in [0.15, 0.2) is 5.82 Å². The van der Waals surface area contributed by atoms with Crippen LogP contribution < -0.4 is 0 Å². The van der Waals surface area contributed by atoms with Gasteiger partial charge < -0.3 is 9.09 Å². The molecular formula is C17H20N4OS. The molecule has 0 unspecified atom stereocenters. The Morgan fingerprint density at radius 1 is 1.13 bits per heavy atom. The second kappa shape index (κ2) is 7.00. The second-order valence-corrected chi connectivity index (χ2v) is 6.36. The average Bonchev–Trinajstić information content (AvgIpc) is 3.12. The van der Waals surface area contributed by atoms with Gasteiger partial charge in [-0.15, -0.1) is 22.0 Å². The summed E-state index contributed by atoms with van der Waals surface area (Å²) in [4.78, 5) is 0. The number of thioether (sulfide) groups is 1. The van der Waals surface area contributed by atoms with Crippen molar-refractivity contribution in [2.24, 2.45) is 7.05 Å². The SMILES string of the molecule is CCc1noc(C)c1CSCc1nnc(-c2ccccc2)n1C. The molecule has 0 aliphatic heterocycles. The van der Waals surface area contributed by atoms with Gasteiger partial charge in [0.05, 0.1) is 11.4 Å². The van der Waals surface area contributed by atoms with Crippen molar-refractivity contribution in [3.8, 4) is 11.4 Å². The Hall–Kier alpha value is -2.08. The van der Waals surface area contributed by atoms with E-state index >= 15 is 0 Å². The maximum absolute atomic E-state index is 5.28. The Morgan fingerprint density at radius 3 is 2.65 bits per heavy atom. The molecule has 0 atom stereocenters. The van der Waals surface area contributed by atoms with Crippen molar-refractivity contribution in [2.45, 2.75) is 31.8 Å². The lowest BCUT2D eigenvalue weighted by atomic mass is 10.2. The summed E-state index contributed by atoms with van der Waals surface area (Å²) in [5, 5.41) is 12.8. The Bertz CT molecular complexity index is 779. The van der Waals surface area contributed by atoms with Crippen LogP contribution in [0.25, 0.3) is 11.4 Å². The van der Waals surface area contributed by atoms with Crippen LogP contribution in [0.2, 0.25) is 0 Å². The molecule has 0 radical (unpaired) electrons. The van der Waals surface area contributed by atoms with Crippen molar-refractivity contribution in [1.29, 1.82) is 0 Å². The van der Waals surface area contributed by atoms with Gasteiger partial charge in [0.25, 0.3) is 0 Å². The third-order valence-corrected chi connectivity index (χ3v) is 4.83. The van der Waals surface area contributed by atoms with Crippen LogP contribution in [0, 0.1) is 6.92 Å². The summed E-state index contributed by atoms with van der Waals surface area (Å²) >= 11 is 1.81. The van der Waals surface area contributed by atoms with Crippen LogP contribution >= 0.6 is 11.8 Å². The van der Waals surface area contributed by atoms with E-state index in [4.69, 9.17) is 4.52 Å². The molecule has 6 heteroatoms. The molecule has 0 fully saturated rings. The third kappa shape index (κ3) is 3.32. The molecule has 0 aliphatic carbocycles. The minimum atomic E-state index is 0.810. The predicted octanol–water partition coefficient (Wildman–Crippen LogP) is 3.77. The first-order valence-electron chi connectivity index (χ1n) is 7.66. The van der Waals surface area contributed by atoms with Gasteiger partial charge in [-0.1, -0.05) is 42.4 Å². The van der Waals surface area contributed by atoms with E-state index in [2.05, 4.69) is 39.0 Å². The number of benzene rings is 1. The zero-order chi connectivity index (χ0) is 16.2. The zero-order valence-electron chi connectivity index (χ0n) is 13.6. The number of nitrogens with zero attached hydrogens (tertiary/aromatic N) is 4. The summed E-state index contributed by atoms with van der Waals surface area (Å²) in [7, 11) is 2.01. The summed E-state index contributed by atoms with van der Waals surface area (Å²) in [6.07, 6.45) is 0.898. The largest absolute Gasteiger partial charge is 0.361 e. The smallest absolute Gasteiger partial charge is 0.163 e. The van der Waals surface area contributed by atoms with Crippen molar-refractivity contribution < 1.29 is 4.52 Å². The summed E-state index contributed by atoms with van der Waals surface area (Å²) in [6.45, 7) is 4.07. The highest BCUT2D eigenvalue weighted by molar-refractivity contribution is 7.97. The van der Waals surface area contributed by atoms with Gasteiger partial charge in [-0.3, -0.25) is 0 Å². The topological polar surface area (TPSA) is 56.7 Å². The molecule has 0 saturated heterocycles. The van der Waals surface area contributed by atoms with Gasteiger partial charge in [0, 0.05) is 23.9 Å². The van der Waals surface area contributed by atoms with Crippen molar-refractivity contribution >= 4 is 11.8 Å². The number of hydrogen-bond acceptors (Lipinski definition) is 5. The zero-order valence-corrected chi connectivity index (χ0v) is 14.4. The summed E-state index contributed by atoms with van der Waals surface area (Å²) in [5.74, 6) is 4.48. The number of hydrogen-bond donors (Lipinski definition) is 0. The Kier molecular flexibility index (Phi) is 4.81. The lowest BCUT2D eigenvalue weighted by Crippen LogP contribution is -1.99. The maximum atomic E-state index is 5.28. The van der Waals surface area contributed by atoms with Crippen molar-refractivity contribution in [2.75, 3.05) is 0 Å². The molecule has 0 N–H and O–H groups in total. The number of aromatic nitrogens is 4. The van der Waals surface area contributed by atoms with E-state index in [0.29, 0.717) is 0 Å². The monoisotopic (exact) mass is 328 g/mol. The quantitative estimate of drug-likeness (QED) is 0.689. The van der Waals surface area contributed by atoms with E-state index in [1.54, 1.807) is 0 Å². The fourth-order valence-electron chi connectivity index (χ4n) is 2.47. The minimum absolute atomic E-state index is 0.810. The maximum Gasteiger partial charge on any atom is 0.163 e. The highest BCUT2D eigenvalue weighted by Crippen LogP contribution is 2.24. The molecule has 0 bridgehead atoms. The molecule has 5 nitrogen and oxygen atoms in total. The van der Waals surface area contributed by atoms with E-state index in [-0.39, 0.29) is 0 Å². The normalized spacial score (nSPS) is 11.1. The first-order valence-corrected chi connectivity index (χ1v) is 8.81. The van der Waals surface area contributed by atoms with Crippen LogP contribution in [0.1, 0.15) is 29.8 Å². The van der Waals surface area contributed by atoms with Gasteiger partial charge in [0.2, 0.25) is 0 Å². The number of aryl methyl sites for hydroxylation is 2. The summed E-state index contributed by atoms with van der Waals surface area (Å²) in [5.41, 5.74) is 3.35. The van der Waals surface area contributed by atoms with Gasteiger partial charge in [-0.25, -0.2) is 0 Å². The lowest BCUT2D eigenvalue weighted by molar-refractivity contribution is 0.390. The van der Waals surface area contributed by atoms with Crippen LogP contribution in [0.15, 0.2) is 34.9 Å². The van der Waals surface area contributed by atoms with Crippen LogP contribution in [0.5, 0.6) is 0 Å². The van der Waals surface area contributed by atoms with E-state index in [1.807, 2.05) is 43.9 Å². The molecule has 0 amide bonds.